The third kappa shape index (κ3) is 2.44. The van der Waals surface area contributed by atoms with Crippen LogP contribution >= 0.6 is 0 Å². The molecular weight excluding hydrogens is 262 g/mol. The van der Waals surface area contributed by atoms with E-state index in [-0.39, 0.29) is 12.8 Å². The fourth-order valence-electron chi connectivity index (χ4n) is 2.25. The molecule has 2 amide bonds. The van der Waals surface area contributed by atoms with E-state index in [1.807, 2.05) is 6.07 Å². The second-order valence-electron chi connectivity index (χ2n) is 4.58. The first kappa shape index (κ1) is 12.9. The maximum atomic E-state index is 11.4. The van der Waals surface area contributed by atoms with E-state index < -0.39 is 0 Å². The van der Waals surface area contributed by atoms with Crippen LogP contribution in [0.25, 0.3) is 0 Å². The van der Waals surface area contributed by atoms with Gasteiger partial charge in [0, 0.05) is 31.3 Å². The van der Waals surface area contributed by atoms with Gasteiger partial charge in [-0.1, -0.05) is 0 Å². The molecule has 0 spiro atoms. The van der Waals surface area contributed by atoms with Gasteiger partial charge in [-0.2, -0.15) is 0 Å². The highest BCUT2D eigenvalue weighted by Gasteiger charge is 2.20. The molecule has 0 bridgehead atoms. The van der Waals surface area contributed by atoms with Crippen molar-refractivity contribution in [2.24, 2.45) is 5.73 Å². The number of nitrogens with two attached hydrogens (primary N) is 1. The molecule has 7 heteroatoms. The molecule has 20 heavy (non-hydrogen) atoms. The molecule has 2 aliphatic rings. The lowest BCUT2D eigenvalue weighted by Gasteiger charge is -2.16. The zero-order valence-electron chi connectivity index (χ0n) is 11.1. The number of nitrogens with one attached hydrogen (secondary N) is 1. The Balaban J connectivity index is 1.63. The van der Waals surface area contributed by atoms with E-state index in [1.54, 1.807) is 11.0 Å². The Labute approximate surface area is 116 Å². The molecule has 0 aromatic heterocycles. The van der Waals surface area contributed by atoms with Crippen LogP contribution in [0.1, 0.15) is 5.56 Å². The van der Waals surface area contributed by atoms with Crippen molar-refractivity contribution in [3.8, 4) is 17.2 Å². The van der Waals surface area contributed by atoms with Gasteiger partial charge in [-0.05, 0) is 6.07 Å². The Kier molecular flexibility index (Phi) is 3.51. The Morgan fingerprint density at radius 1 is 1.35 bits per heavy atom. The van der Waals surface area contributed by atoms with Crippen LogP contribution in [0, 0.1) is 0 Å². The second-order valence-corrected chi connectivity index (χ2v) is 4.58. The monoisotopic (exact) mass is 279 g/mol. The number of hydrogen-bond acceptors (Lipinski definition) is 5. The first-order valence-corrected chi connectivity index (χ1v) is 6.56. The maximum Gasteiger partial charge on any atom is 0.317 e. The van der Waals surface area contributed by atoms with Gasteiger partial charge in [0.25, 0.3) is 0 Å². The zero-order valence-corrected chi connectivity index (χ0v) is 11.1. The lowest BCUT2D eigenvalue weighted by molar-refractivity contribution is 0.173. The predicted octanol–water partition coefficient (Wildman–Crippen LogP) is 0.278. The van der Waals surface area contributed by atoms with Crippen LogP contribution in [-0.2, 0) is 6.54 Å². The van der Waals surface area contributed by atoms with Gasteiger partial charge < -0.3 is 30.2 Å². The van der Waals surface area contributed by atoms with Crippen molar-refractivity contribution in [2.45, 2.75) is 6.54 Å². The Morgan fingerprint density at radius 3 is 2.85 bits per heavy atom. The number of carbonyl (C=O) groups excluding carboxylic acids is 1. The summed E-state index contributed by atoms with van der Waals surface area (Å²) >= 11 is 0. The SMILES string of the molecule is NCc1cc2c(cc1OCCN1CCNC1=O)OCO2. The number of hydrogen-bond donors (Lipinski definition) is 2. The third-order valence-corrected chi connectivity index (χ3v) is 3.34. The summed E-state index contributed by atoms with van der Waals surface area (Å²) in [5, 5.41) is 2.75. The van der Waals surface area contributed by atoms with Gasteiger partial charge in [-0.25, -0.2) is 4.79 Å². The van der Waals surface area contributed by atoms with Crippen LogP contribution in [0.2, 0.25) is 0 Å². The summed E-state index contributed by atoms with van der Waals surface area (Å²) < 4.78 is 16.3. The van der Waals surface area contributed by atoms with E-state index >= 15 is 0 Å². The fraction of sp³-hybridized carbons (Fsp3) is 0.462. The Hall–Kier alpha value is -2.15. The van der Waals surface area contributed by atoms with Gasteiger partial charge in [0.1, 0.15) is 12.4 Å². The molecule has 108 valence electrons. The molecule has 3 rings (SSSR count). The minimum atomic E-state index is -0.0432. The molecule has 3 N–H and O–H groups in total. The predicted molar refractivity (Wildman–Crippen MR) is 70.9 cm³/mol. The Bertz CT molecular complexity index is 521. The van der Waals surface area contributed by atoms with E-state index in [9.17, 15) is 4.79 Å². The highest BCUT2D eigenvalue weighted by atomic mass is 16.7. The van der Waals surface area contributed by atoms with Gasteiger partial charge in [-0.15, -0.1) is 0 Å². The fourth-order valence-corrected chi connectivity index (χ4v) is 2.25. The Morgan fingerprint density at radius 2 is 2.15 bits per heavy atom. The molecular formula is C13H17N3O4. The van der Waals surface area contributed by atoms with E-state index in [2.05, 4.69) is 5.32 Å². The van der Waals surface area contributed by atoms with Gasteiger partial charge in [0.2, 0.25) is 6.79 Å². The zero-order chi connectivity index (χ0) is 13.9. The van der Waals surface area contributed by atoms with Crippen LogP contribution in [0.15, 0.2) is 12.1 Å². The first-order chi connectivity index (χ1) is 9.78. The number of amides is 2. The van der Waals surface area contributed by atoms with Crippen molar-refractivity contribution < 1.29 is 19.0 Å². The summed E-state index contributed by atoms with van der Waals surface area (Å²) in [5.74, 6) is 2.03. The molecule has 2 heterocycles. The van der Waals surface area contributed by atoms with Crippen molar-refractivity contribution in [3.05, 3.63) is 17.7 Å². The second kappa shape index (κ2) is 5.46. The minimum Gasteiger partial charge on any atom is -0.491 e. The van der Waals surface area contributed by atoms with Crippen molar-refractivity contribution in [1.82, 2.24) is 10.2 Å². The molecule has 1 aromatic rings. The van der Waals surface area contributed by atoms with E-state index in [1.165, 1.54) is 0 Å². The lowest BCUT2D eigenvalue weighted by atomic mass is 10.2. The maximum absolute atomic E-state index is 11.4. The lowest BCUT2D eigenvalue weighted by Crippen LogP contribution is -2.31. The number of rotatable bonds is 5. The minimum absolute atomic E-state index is 0.0432. The normalized spacial score (nSPS) is 16.4. The summed E-state index contributed by atoms with van der Waals surface area (Å²) in [6.45, 7) is 2.95. The van der Waals surface area contributed by atoms with E-state index in [0.717, 1.165) is 5.56 Å². The molecule has 0 atom stereocenters. The molecule has 1 fully saturated rings. The number of benzene rings is 1. The van der Waals surface area contributed by atoms with Crippen molar-refractivity contribution in [3.63, 3.8) is 0 Å². The average molecular weight is 279 g/mol. The van der Waals surface area contributed by atoms with Crippen LogP contribution < -0.4 is 25.3 Å². The first-order valence-electron chi connectivity index (χ1n) is 6.56. The number of ether oxygens (including phenoxy) is 3. The summed E-state index contributed by atoms with van der Waals surface area (Å²) in [6.07, 6.45) is 0. The molecule has 7 nitrogen and oxygen atoms in total. The third-order valence-electron chi connectivity index (χ3n) is 3.34. The topological polar surface area (TPSA) is 86.1 Å². The van der Waals surface area contributed by atoms with Crippen LogP contribution in [0.3, 0.4) is 0 Å². The van der Waals surface area contributed by atoms with Crippen LogP contribution in [0.5, 0.6) is 17.2 Å². The summed E-state index contributed by atoms with van der Waals surface area (Å²) in [7, 11) is 0. The molecule has 0 aliphatic carbocycles. The van der Waals surface area contributed by atoms with Gasteiger partial charge in [-0.3, -0.25) is 0 Å². The van der Waals surface area contributed by atoms with Gasteiger partial charge in [0.15, 0.2) is 11.5 Å². The standard InChI is InChI=1S/C13H17N3O4/c14-7-9-5-11-12(20-8-19-11)6-10(9)18-4-3-16-2-1-15-13(16)17/h5-6H,1-4,7-8,14H2,(H,15,17). The largest absolute Gasteiger partial charge is 0.491 e. The quantitative estimate of drug-likeness (QED) is 0.808. The van der Waals surface area contributed by atoms with E-state index in [4.69, 9.17) is 19.9 Å². The van der Waals surface area contributed by atoms with Gasteiger partial charge >= 0.3 is 6.03 Å². The summed E-state index contributed by atoms with van der Waals surface area (Å²) in [4.78, 5) is 13.1. The molecule has 1 saturated heterocycles. The number of carbonyl (C=O) groups is 1. The van der Waals surface area contributed by atoms with Crippen molar-refractivity contribution in [2.75, 3.05) is 33.0 Å². The number of urea groups is 1. The summed E-state index contributed by atoms with van der Waals surface area (Å²) in [5.41, 5.74) is 6.57. The molecule has 0 radical (unpaired) electrons. The molecule has 1 aromatic carbocycles. The van der Waals surface area contributed by atoms with Crippen LogP contribution in [-0.4, -0.2) is 44.0 Å². The average Bonchev–Trinajstić information content (AvgIpc) is 3.06. The highest BCUT2D eigenvalue weighted by molar-refractivity contribution is 5.76. The highest BCUT2D eigenvalue weighted by Crippen LogP contribution is 2.37. The van der Waals surface area contributed by atoms with Crippen LogP contribution in [0.4, 0.5) is 4.79 Å². The van der Waals surface area contributed by atoms with E-state index in [0.29, 0.717) is 50.0 Å². The molecule has 0 saturated carbocycles. The smallest absolute Gasteiger partial charge is 0.317 e. The van der Waals surface area contributed by atoms with Crippen molar-refractivity contribution >= 4 is 6.03 Å². The number of fused-ring (bicyclic) bond motifs is 1. The molecule has 0 unspecified atom stereocenters. The summed E-state index contributed by atoms with van der Waals surface area (Å²) in [6, 6.07) is 3.58. The molecule has 2 aliphatic heterocycles. The van der Waals surface area contributed by atoms with Crippen molar-refractivity contribution in [1.29, 1.82) is 0 Å². The van der Waals surface area contributed by atoms with Gasteiger partial charge in [0.05, 0.1) is 6.54 Å². The number of nitrogens with zero attached hydrogens (tertiary/aromatic N) is 1.